The molecule has 1 spiro atoms. The summed E-state index contributed by atoms with van der Waals surface area (Å²) >= 11 is 0. The number of esters is 1. The number of carbonyl (C=O) groups excluding carboxylic acids is 2. The summed E-state index contributed by atoms with van der Waals surface area (Å²) < 4.78 is 12.3. The molecule has 3 fully saturated rings. The third-order valence-corrected chi connectivity index (χ3v) is 11.1. The molecule has 34 heavy (non-hydrogen) atoms. The minimum atomic E-state index is -0.910. The molecule has 0 aromatic rings. The van der Waals surface area contributed by atoms with E-state index in [1.165, 1.54) is 0 Å². The molecule has 0 aromatic heterocycles. The van der Waals surface area contributed by atoms with Gasteiger partial charge in [-0.3, -0.25) is 4.79 Å². The van der Waals surface area contributed by atoms with E-state index in [4.69, 9.17) is 9.47 Å². The minimum Gasteiger partial charge on any atom is -0.456 e. The van der Waals surface area contributed by atoms with Crippen LogP contribution in [0.4, 0.5) is 0 Å². The number of allylic oxidation sites excluding steroid dienone is 2. The average Bonchev–Trinajstić information content (AvgIpc) is 3.30. The summed E-state index contributed by atoms with van der Waals surface area (Å²) in [5.41, 5.74) is 0.747. The molecule has 6 aliphatic rings. The van der Waals surface area contributed by atoms with Crippen LogP contribution in [0.5, 0.6) is 0 Å². The van der Waals surface area contributed by atoms with Crippen LogP contribution in [0.3, 0.4) is 0 Å². The van der Waals surface area contributed by atoms with Gasteiger partial charge in [0.15, 0.2) is 12.1 Å². The van der Waals surface area contributed by atoms with E-state index in [1.54, 1.807) is 19.1 Å². The van der Waals surface area contributed by atoms with E-state index >= 15 is 0 Å². The number of hydrogen-bond acceptors (Lipinski definition) is 6. The Labute approximate surface area is 201 Å². The van der Waals surface area contributed by atoms with Crippen LogP contribution in [0.15, 0.2) is 34.9 Å². The lowest BCUT2D eigenvalue weighted by atomic mass is 9.46. The number of fused-ring (bicyclic) bond motifs is 4. The zero-order chi connectivity index (χ0) is 24.2. The van der Waals surface area contributed by atoms with Crippen molar-refractivity contribution < 1.29 is 29.3 Å². The predicted octanol–water partition coefficient (Wildman–Crippen LogP) is 3.62. The minimum absolute atomic E-state index is 0.0871. The van der Waals surface area contributed by atoms with Gasteiger partial charge in [-0.2, -0.15) is 0 Å². The van der Waals surface area contributed by atoms with Crippen molar-refractivity contribution in [3.05, 3.63) is 34.9 Å². The second kappa shape index (κ2) is 7.14. The molecule has 0 amide bonds. The van der Waals surface area contributed by atoms with Crippen LogP contribution in [0, 0.1) is 34.5 Å². The van der Waals surface area contributed by atoms with E-state index in [0.29, 0.717) is 12.0 Å². The van der Waals surface area contributed by atoms with Gasteiger partial charge in [-0.15, -0.1) is 0 Å². The van der Waals surface area contributed by atoms with Crippen molar-refractivity contribution in [2.24, 2.45) is 34.5 Å². The maximum Gasteiger partial charge on any atom is 0.334 e. The Morgan fingerprint density at radius 3 is 2.56 bits per heavy atom. The largest absolute Gasteiger partial charge is 0.456 e. The number of rotatable bonds is 1. The van der Waals surface area contributed by atoms with Gasteiger partial charge in [-0.1, -0.05) is 11.6 Å². The Morgan fingerprint density at radius 1 is 1.06 bits per heavy atom. The molecule has 6 nitrogen and oxygen atoms in total. The van der Waals surface area contributed by atoms with Crippen LogP contribution in [0.25, 0.3) is 0 Å². The van der Waals surface area contributed by atoms with E-state index < -0.39 is 29.5 Å². The van der Waals surface area contributed by atoms with E-state index in [-0.39, 0.29) is 40.8 Å². The summed E-state index contributed by atoms with van der Waals surface area (Å²) in [6, 6.07) is 0. The molecule has 1 saturated heterocycles. The van der Waals surface area contributed by atoms with E-state index in [1.807, 2.05) is 20.8 Å². The molecule has 4 aliphatic carbocycles. The molecule has 10 atom stereocenters. The quantitative estimate of drug-likeness (QED) is 0.451. The lowest BCUT2D eigenvalue weighted by Gasteiger charge is -2.56. The average molecular weight is 469 g/mol. The zero-order valence-corrected chi connectivity index (χ0v) is 20.5. The fourth-order valence-corrected chi connectivity index (χ4v) is 9.17. The summed E-state index contributed by atoms with van der Waals surface area (Å²) in [4.78, 5) is 25.7. The van der Waals surface area contributed by atoms with Crippen molar-refractivity contribution in [3.8, 4) is 0 Å². The van der Waals surface area contributed by atoms with Crippen LogP contribution in [-0.4, -0.2) is 46.1 Å². The first-order valence-electron chi connectivity index (χ1n) is 12.9. The van der Waals surface area contributed by atoms with Crippen molar-refractivity contribution in [3.63, 3.8) is 0 Å². The molecular weight excluding hydrogens is 432 g/mol. The number of cyclic esters (lactones) is 1. The second-order valence-corrected chi connectivity index (χ2v) is 12.1. The highest BCUT2D eigenvalue weighted by molar-refractivity contribution is 5.99. The molecule has 184 valence electrons. The number of ether oxygens (including phenoxy) is 2. The fraction of sp³-hybridized carbons (Fsp3) is 0.714. The Kier molecular flexibility index (Phi) is 4.77. The van der Waals surface area contributed by atoms with Crippen LogP contribution < -0.4 is 0 Å². The standard InChI is InChI=1S/C28H36O6/c1-14-13-23(33-24(31)15(14)2)27(4)21-9-7-18-16-5-6-19-20(29)8-10-22(30)26(19,3)17(16)11-12-28(18,21)25(32)34-27/h6,8,10,16-18,20-21,23,25,29,32H,5,7,9,11-13H2,1-4H3/t16-,17+,18+,20+,21-,23-,25+,26-,27-,28-/m1/s1. The molecule has 6 heteroatoms. The Morgan fingerprint density at radius 2 is 1.82 bits per heavy atom. The Bertz CT molecular complexity index is 1060. The van der Waals surface area contributed by atoms with Crippen molar-refractivity contribution in [1.82, 2.24) is 0 Å². The molecule has 0 unspecified atom stereocenters. The van der Waals surface area contributed by atoms with Crippen molar-refractivity contribution in [2.75, 3.05) is 0 Å². The first-order chi connectivity index (χ1) is 16.0. The summed E-state index contributed by atoms with van der Waals surface area (Å²) in [6.07, 6.45) is 8.19. The molecule has 2 saturated carbocycles. The van der Waals surface area contributed by atoms with Crippen LogP contribution in [-0.2, 0) is 19.1 Å². The molecule has 0 aromatic carbocycles. The first-order valence-corrected chi connectivity index (χ1v) is 12.9. The number of ketones is 1. The van der Waals surface area contributed by atoms with Crippen LogP contribution in [0.1, 0.15) is 66.2 Å². The van der Waals surface area contributed by atoms with Crippen LogP contribution >= 0.6 is 0 Å². The smallest absolute Gasteiger partial charge is 0.334 e. The summed E-state index contributed by atoms with van der Waals surface area (Å²) in [5, 5.41) is 22.1. The van der Waals surface area contributed by atoms with Gasteiger partial charge >= 0.3 is 5.97 Å². The highest BCUT2D eigenvalue weighted by Gasteiger charge is 2.73. The van der Waals surface area contributed by atoms with Crippen molar-refractivity contribution >= 4 is 11.8 Å². The Balaban J connectivity index is 1.36. The predicted molar refractivity (Wildman–Crippen MR) is 124 cm³/mol. The highest BCUT2D eigenvalue weighted by Crippen LogP contribution is 2.71. The maximum atomic E-state index is 13.2. The number of carbonyl (C=O) groups is 2. The number of hydrogen-bond donors (Lipinski definition) is 2. The third kappa shape index (κ3) is 2.57. The van der Waals surface area contributed by atoms with Gasteiger partial charge < -0.3 is 19.7 Å². The van der Waals surface area contributed by atoms with Gasteiger partial charge in [-0.25, -0.2) is 4.79 Å². The molecular formula is C28H36O6. The van der Waals surface area contributed by atoms with E-state index in [9.17, 15) is 19.8 Å². The van der Waals surface area contributed by atoms with Crippen molar-refractivity contribution in [2.45, 2.75) is 90.3 Å². The van der Waals surface area contributed by atoms with Crippen molar-refractivity contribution in [1.29, 1.82) is 0 Å². The lowest BCUT2D eigenvalue weighted by Crippen LogP contribution is -2.56. The highest BCUT2D eigenvalue weighted by atomic mass is 16.6. The SMILES string of the molecule is CC1=C(C)C(=O)O[C@@H]([C@]2(C)O[C@H](O)[C@]34CC[C@H]5[C@@H](CC=C6[C@@H](O)C=CC(=O)[C@@]65C)[C@@H]3CC[C@H]24)C1. The first kappa shape index (κ1) is 22.7. The van der Waals surface area contributed by atoms with Gasteiger partial charge in [0.1, 0.15) is 11.7 Å². The lowest BCUT2D eigenvalue weighted by molar-refractivity contribution is -0.215. The van der Waals surface area contributed by atoms with Gasteiger partial charge in [0.05, 0.1) is 11.5 Å². The van der Waals surface area contributed by atoms with Gasteiger partial charge in [0.25, 0.3) is 0 Å². The monoisotopic (exact) mass is 468 g/mol. The van der Waals surface area contributed by atoms with Gasteiger partial charge in [-0.05, 0) is 95.3 Å². The fourth-order valence-electron chi connectivity index (χ4n) is 9.17. The number of aliphatic hydroxyl groups excluding tert-OH is 2. The normalized spacial score (nSPS) is 51.9. The van der Waals surface area contributed by atoms with E-state index in [0.717, 1.165) is 43.3 Å². The molecule has 0 radical (unpaired) electrons. The van der Waals surface area contributed by atoms with E-state index in [2.05, 4.69) is 6.08 Å². The van der Waals surface area contributed by atoms with Crippen LogP contribution in [0.2, 0.25) is 0 Å². The zero-order valence-electron chi connectivity index (χ0n) is 20.5. The number of aliphatic hydroxyl groups is 2. The summed E-state index contributed by atoms with van der Waals surface area (Å²) in [5.74, 6) is 0.533. The van der Waals surface area contributed by atoms with Gasteiger partial charge in [0.2, 0.25) is 0 Å². The third-order valence-electron chi connectivity index (χ3n) is 11.1. The maximum absolute atomic E-state index is 13.2. The summed E-state index contributed by atoms with van der Waals surface area (Å²) in [7, 11) is 0. The second-order valence-electron chi connectivity index (χ2n) is 12.1. The molecule has 2 aliphatic heterocycles. The summed E-state index contributed by atoms with van der Waals surface area (Å²) in [6.45, 7) is 7.83. The topological polar surface area (TPSA) is 93.1 Å². The molecule has 6 rings (SSSR count). The molecule has 0 bridgehead atoms. The van der Waals surface area contributed by atoms with Gasteiger partial charge in [0, 0.05) is 23.3 Å². The Hall–Kier alpha value is -1.76. The molecule has 2 N–H and O–H groups in total. The molecule has 2 heterocycles.